The molecule has 0 fully saturated rings. The van der Waals surface area contributed by atoms with Gasteiger partial charge in [0.15, 0.2) is 5.82 Å². The van der Waals surface area contributed by atoms with Gasteiger partial charge in [-0.1, -0.05) is 0 Å². The van der Waals surface area contributed by atoms with E-state index < -0.39 is 11.6 Å². The van der Waals surface area contributed by atoms with Gasteiger partial charge in [-0.2, -0.15) is 0 Å². The first kappa shape index (κ1) is 10.8. The van der Waals surface area contributed by atoms with E-state index in [2.05, 4.69) is 10.3 Å². The van der Waals surface area contributed by atoms with Crippen molar-refractivity contribution < 1.29 is 8.78 Å². The molecule has 0 aliphatic heterocycles. The highest BCUT2D eigenvalue weighted by molar-refractivity contribution is 5.91. The van der Waals surface area contributed by atoms with Crippen molar-refractivity contribution in [2.75, 3.05) is 11.9 Å². The number of nitrogens with one attached hydrogen (secondary N) is 1. The lowest BCUT2D eigenvalue weighted by Crippen LogP contribution is -2.00. The molecule has 0 saturated carbocycles. The van der Waals surface area contributed by atoms with Gasteiger partial charge in [0.05, 0.1) is 0 Å². The summed E-state index contributed by atoms with van der Waals surface area (Å²) in [5.74, 6) is -1.22. The Bertz CT molecular complexity index is 538. The summed E-state index contributed by atoms with van der Waals surface area (Å²) in [5, 5.41) is 3.55. The Kier molecular flexibility index (Phi) is 2.73. The molecule has 16 heavy (non-hydrogen) atoms. The van der Waals surface area contributed by atoms with E-state index in [-0.39, 0.29) is 5.52 Å². The van der Waals surface area contributed by atoms with Crippen molar-refractivity contribution in [3.05, 3.63) is 35.5 Å². The highest BCUT2D eigenvalue weighted by atomic mass is 19.1. The molecule has 0 bridgehead atoms. The first-order valence-electron chi connectivity index (χ1n) is 5.12. The minimum Gasteiger partial charge on any atom is -0.385 e. The van der Waals surface area contributed by atoms with Crippen LogP contribution in [0.4, 0.5) is 14.5 Å². The molecule has 0 spiro atoms. The SMILES string of the molecule is CCNc1cc(C)nc2c(F)cc(F)cc12. The second kappa shape index (κ2) is 4.04. The molecule has 0 amide bonds. The van der Waals surface area contributed by atoms with Gasteiger partial charge >= 0.3 is 0 Å². The molecule has 1 aromatic heterocycles. The molecule has 84 valence electrons. The quantitative estimate of drug-likeness (QED) is 0.843. The van der Waals surface area contributed by atoms with E-state index in [9.17, 15) is 8.78 Å². The number of nitrogens with zero attached hydrogens (tertiary/aromatic N) is 1. The Labute approximate surface area is 92.3 Å². The standard InChI is InChI=1S/C12H12F2N2/c1-3-15-11-4-7(2)16-12-9(11)5-8(13)6-10(12)14/h4-6H,3H2,1-2H3,(H,15,16). The van der Waals surface area contributed by atoms with Crippen molar-refractivity contribution in [3.8, 4) is 0 Å². The zero-order valence-electron chi connectivity index (χ0n) is 9.14. The van der Waals surface area contributed by atoms with Crippen molar-refractivity contribution in [1.29, 1.82) is 0 Å². The molecule has 2 rings (SSSR count). The van der Waals surface area contributed by atoms with Crippen LogP contribution in [0.5, 0.6) is 0 Å². The summed E-state index contributed by atoms with van der Waals surface area (Å²) >= 11 is 0. The number of fused-ring (bicyclic) bond motifs is 1. The van der Waals surface area contributed by atoms with Crippen LogP contribution in [0.25, 0.3) is 10.9 Å². The van der Waals surface area contributed by atoms with Gasteiger partial charge in [0.1, 0.15) is 11.3 Å². The summed E-state index contributed by atoms with van der Waals surface area (Å²) in [4.78, 5) is 4.08. The Hall–Kier alpha value is -1.71. The molecule has 0 aliphatic rings. The van der Waals surface area contributed by atoms with E-state index in [1.54, 1.807) is 13.0 Å². The molecule has 0 radical (unpaired) electrons. The van der Waals surface area contributed by atoms with Crippen molar-refractivity contribution in [3.63, 3.8) is 0 Å². The van der Waals surface area contributed by atoms with Crippen LogP contribution in [-0.4, -0.2) is 11.5 Å². The lowest BCUT2D eigenvalue weighted by atomic mass is 10.1. The summed E-state index contributed by atoms with van der Waals surface area (Å²) in [6.07, 6.45) is 0. The molecular weight excluding hydrogens is 210 g/mol. The minimum atomic E-state index is -0.627. The maximum atomic E-state index is 13.5. The highest BCUT2D eigenvalue weighted by Gasteiger charge is 2.09. The zero-order valence-corrected chi connectivity index (χ0v) is 9.14. The zero-order chi connectivity index (χ0) is 11.7. The second-order valence-electron chi connectivity index (χ2n) is 3.63. The van der Waals surface area contributed by atoms with Crippen LogP contribution in [-0.2, 0) is 0 Å². The van der Waals surface area contributed by atoms with Gasteiger partial charge in [-0.25, -0.2) is 13.8 Å². The Morgan fingerprint density at radius 3 is 2.69 bits per heavy atom. The van der Waals surface area contributed by atoms with Crippen LogP contribution in [0.3, 0.4) is 0 Å². The van der Waals surface area contributed by atoms with Crippen LogP contribution in [0.15, 0.2) is 18.2 Å². The largest absolute Gasteiger partial charge is 0.385 e. The summed E-state index contributed by atoms with van der Waals surface area (Å²) in [6.45, 7) is 4.40. The molecule has 0 aliphatic carbocycles. The van der Waals surface area contributed by atoms with E-state index in [4.69, 9.17) is 0 Å². The monoisotopic (exact) mass is 222 g/mol. The summed E-state index contributed by atoms with van der Waals surface area (Å²) in [5.41, 5.74) is 1.62. The van der Waals surface area contributed by atoms with Gasteiger partial charge in [0, 0.05) is 29.4 Å². The summed E-state index contributed by atoms with van der Waals surface area (Å²) < 4.78 is 26.6. The Morgan fingerprint density at radius 1 is 1.25 bits per heavy atom. The first-order chi connectivity index (χ1) is 7.61. The maximum Gasteiger partial charge on any atom is 0.152 e. The lowest BCUT2D eigenvalue weighted by molar-refractivity contribution is 0.590. The number of rotatable bonds is 2. The number of halogens is 2. The fourth-order valence-corrected chi connectivity index (χ4v) is 1.72. The number of anilines is 1. The molecule has 4 heteroatoms. The smallest absolute Gasteiger partial charge is 0.152 e. The number of pyridine rings is 1. The third kappa shape index (κ3) is 1.83. The number of hydrogen-bond donors (Lipinski definition) is 1. The van der Waals surface area contributed by atoms with E-state index in [0.717, 1.165) is 6.07 Å². The van der Waals surface area contributed by atoms with E-state index >= 15 is 0 Å². The third-order valence-electron chi connectivity index (χ3n) is 2.33. The van der Waals surface area contributed by atoms with E-state index in [0.29, 0.717) is 23.3 Å². The van der Waals surface area contributed by atoms with Crippen LogP contribution >= 0.6 is 0 Å². The van der Waals surface area contributed by atoms with Crippen LogP contribution < -0.4 is 5.32 Å². The number of aryl methyl sites for hydroxylation is 1. The first-order valence-corrected chi connectivity index (χ1v) is 5.12. The second-order valence-corrected chi connectivity index (χ2v) is 3.63. The topological polar surface area (TPSA) is 24.9 Å². The molecule has 1 heterocycles. The fraction of sp³-hybridized carbons (Fsp3) is 0.250. The van der Waals surface area contributed by atoms with Gasteiger partial charge in [-0.3, -0.25) is 0 Å². The van der Waals surface area contributed by atoms with Crippen molar-refractivity contribution in [2.24, 2.45) is 0 Å². The normalized spacial score (nSPS) is 10.8. The van der Waals surface area contributed by atoms with Gasteiger partial charge in [-0.15, -0.1) is 0 Å². The predicted octanol–water partition coefficient (Wildman–Crippen LogP) is 3.25. The highest BCUT2D eigenvalue weighted by Crippen LogP contribution is 2.26. The maximum absolute atomic E-state index is 13.5. The third-order valence-corrected chi connectivity index (χ3v) is 2.33. The van der Waals surface area contributed by atoms with Crippen molar-refractivity contribution in [2.45, 2.75) is 13.8 Å². The molecule has 2 aromatic rings. The van der Waals surface area contributed by atoms with Crippen LogP contribution in [0, 0.1) is 18.6 Å². The minimum absolute atomic E-state index is 0.206. The van der Waals surface area contributed by atoms with Crippen molar-refractivity contribution in [1.82, 2.24) is 4.98 Å². The Morgan fingerprint density at radius 2 is 2.00 bits per heavy atom. The molecule has 0 saturated heterocycles. The molecule has 1 aromatic carbocycles. The average molecular weight is 222 g/mol. The van der Waals surface area contributed by atoms with Gasteiger partial charge in [0.2, 0.25) is 0 Å². The number of benzene rings is 1. The molecule has 0 unspecified atom stereocenters. The average Bonchev–Trinajstić information content (AvgIpc) is 2.20. The van der Waals surface area contributed by atoms with E-state index in [1.807, 2.05) is 6.92 Å². The number of aromatic nitrogens is 1. The summed E-state index contributed by atoms with van der Waals surface area (Å²) in [7, 11) is 0. The molecule has 1 N–H and O–H groups in total. The number of hydrogen-bond acceptors (Lipinski definition) is 2. The van der Waals surface area contributed by atoms with Crippen molar-refractivity contribution >= 4 is 16.6 Å². The van der Waals surface area contributed by atoms with Gasteiger partial charge < -0.3 is 5.32 Å². The molecule has 2 nitrogen and oxygen atoms in total. The summed E-state index contributed by atoms with van der Waals surface area (Å²) in [6, 6.07) is 3.93. The molecular formula is C12H12F2N2. The van der Waals surface area contributed by atoms with Crippen LogP contribution in [0.1, 0.15) is 12.6 Å². The Balaban J connectivity index is 2.78. The van der Waals surface area contributed by atoms with Gasteiger partial charge in [0.25, 0.3) is 0 Å². The van der Waals surface area contributed by atoms with Crippen LogP contribution in [0.2, 0.25) is 0 Å². The predicted molar refractivity (Wildman–Crippen MR) is 60.6 cm³/mol. The lowest BCUT2D eigenvalue weighted by Gasteiger charge is -2.09. The van der Waals surface area contributed by atoms with E-state index in [1.165, 1.54) is 6.07 Å². The van der Waals surface area contributed by atoms with Gasteiger partial charge in [-0.05, 0) is 26.0 Å². The fourth-order valence-electron chi connectivity index (χ4n) is 1.72. The molecule has 0 atom stereocenters.